The lowest BCUT2D eigenvalue weighted by Crippen LogP contribution is -2.33. The number of phenolic OH excluding ortho intramolecular Hbond substituents is 1. The Bertz CT molecular complexity index is 703. The molecule has 0 bridgehead atoms. The molecule has 115 valence electrons. The highest BCUT2D eigenvalue weighted by Crippen LogP contribution is 2.25. The van der Waals surface area contributed by atoms with Crippen molar-refractivity contribution in [3.8, 4) is 5.75 Å². The van der Waals surface area contributed by atoms with Gasteiger partial charge in [-0.05, 0) is 30.3 Å². The molecular formula is C16H17B2N2O3. The van der Waals surface area contributed by atoms with Gasteiger partial charge in [0.15, 0.2) is 7.28 Å². The van der Waals surface area contributed by atoms with Gasteiger partial charge >= 0.3 is 0 Å². The molecule has 0 aliphatic carbocycles. The predicted octanol–water partition coefficient (Wildman–Crippen LogP) is -0.674. The van der Waals surface area contributed by atoms with Gasteiger partial charge in [0.05, 0.1) is 5.92 Å². The van der Waals surface area contributed by atoms with Crippen molar-refractivity contribution in [2.45, 2.75) is 26.1 Å². The van der Waals surface area contributed by atoms with E-state index in [1.165, 1.54) is 4.90 Å². The Balaban J connectivity index is 1.75. The van der Waals surface area contributed by atoms with E-state index >= 15 is 0 Å². The van der Waals surface area contributed by atoms with E-state index in [4.69, 9.17) is 7.85 Å². The van der Waals surface area contributed by atoms with Gasteiger partial charge in [0.25, 0.3) is 5.91 Å². The summed E-state index contributed by atoms with van der Waals surface area (Å²) >= 11 is 0. The summed E-state index contributed by atoms with van der Waals surface area (Å²) in [7, 11) is 7.56. The number of likely N-dealkylation sites (tertiary alicyclic amines) is 1. The molecule has 3 radical (unpaired) electrons. The SMILES string of the molecule is [B]c1cc(CCN2C(=O)C3=NCCCC3C2=O)cc([B]C)c1O. The second-order valence-corrected chi connectivity index (χ2v) is 5.92. The third-order valence-electron chi connectivity index (χ3n) is 4.46. The summed E-state index contributed by atoms with van der Waals surface area (Å²) in [6.45, 7) is 2.75. The molecule has 3 rings (SSSR count). The molecule has 0 aromatic heterocycles. The Labute approximate surface area is 137 Å². The maximum atomic E-state index is 12.4. The fourth-order valence-corrected chi connectivity index (χ4v) is 3.19. The molecule has 1 aromatic carbocycles. The van der Waals surface area contributed by atoms with Crippen molar-refractivity contribution in [2.75, 3.05) is 13.1 Å². The maximum absolute atomic E-state index is 12.4. The summed E-state index contributed by atoms with van der Waals surface area (Å²) in [5.74, 6) is -0.679. The summed E-state index contributed by atoms with van der Waals surface area (Å²) < 4.78 is 0. The molecule has 1 N–H and O–H groups in total. The minimum Gasteiger partial charge on any atom is -0.509 e. The zero-order chi connectivity index (χ0) is 16.6. The summed E-state index contributed by atoms with van der Waals surface area (Å²) in [6.07, 6.45) is 2.06. The van der Waals surface area contributed by atoms with E-state index in [1.54, 1.807) is 13.3 Å². The average Bonchev–Trinajstić information content (AvgIpc) is 2.80. The van der Waals surface area contributed by atoms with Crippen LogP contribution in [0.3, 0.4) is 0 Å². The van der Waals surface area contributed by atoms with Gasteiger partial charge in [0, 0.05) is 13.1 Å². The molecule has 1 unspecified atom stereocenters. The van der Waals surface area contributed by atoms with Gasteiger partial charge in [0.2, 0.25) is 5.91 Å². The van der Waals surface area contributed by atoms with Crippen molar-refractivity contribution in [1.29, 1.82) is 0 Å². The van der Waals surface area contributed by atoms with Crippen LogP contribution in [0.5, 0.6) is 5.75 Å². The highest BCUT2D eigenvalue weighted by molar-refractivity contribution is 6.54. The third kappa shape index (κ3) is 2.80. The monoisotopic (exact) mass is 307 g/mol. The second-order valence-electron chi connectivity index (χ2n) is 5.92. The molecule has 7 heteroatoms. The van der Waals surface area contributed by atoms with Crippen molar-refractivity contribution in [3.05, 3.63) is 17.7 Å². The van der Waals surface area contributed by atoms with Gasteiger partial charge in [-0.3, -0.25) is 19.5 Å². The van der Waals surface area contributed by atoms with Gasteiger partial charge in [-0.15, -0.1) is 0 Å². The number of phenols is 1. The first kappa shape index (κ1) is 15.8. The largest absolute Gasteiger partial charge is 0.509 e. The minimum atomic E-state index is -0.347. The Morgan fingerprint density at radius 3 is 2.91 bits per heavy atom. The lowest BCUT2D eigenvalue weighted by atomic mass is 9.70. The molecule has 5 nitrogen and oxygen atoms in total. The molecule has 1 atom stereocenters. The topological polar surface area (TPSA) is 70.0 Å². The number of aromatic hydroxyl groups is 1. The number of amides is 2. The number of benzene rings is 1. The summed E-state index contributed by atoms with van der Waals surface area (Å²) in [5.41, 5.74) is 2.25. The van der Waals surface area contributed by atoms with Crippen molar-refractivity contribution in [3.63, 3.8) is 0 Å². The number of hydrogen-bond acceptors (Lipinski definition) is 4. The molecule has 23 heavy (non-hydrogen) atoms. The van der Waals surface area contributed by atoms with Crippen molar-refractivity contribution in [2.24, 2.45) is 10.9 Å². The van der Waals surface area contributed by atoms with Crippen LogP contribution in [0.2, 0.25) is 6.82 Å². The molecule has 2 amide bonds. The van der Waals surface area contributed by atoms with Crippen LogP contribution in [0.4, 0.5) is 0 Å². The van der Waals surface area contributed by atoms with Gasteiger partial charge in [-0.2, -0.15) is 0 Å². The van der Waals surface area contributed by atoms with E-state index in [0.29, 0.717) is 42.6 Å². The number of hydrogen-bond donors (Lipinski definition) is 1. The highest BCUT2D eigenvalue weighted by Gasteiger charge is 2.44. The van der Waals surface area contributed by atoms with Gasteiger partial charge < -0.3 is 5.11 Å². The zero-order valence-corrected chi connectivity index (χ0v) is 13.1. The number of aliphatic imine (C=N–C) groups is 1. The van der Waals surface area contributed by atoms with Crippen molar-refractivity contribution in [1.82, 2.24) is 4.90 Å². The van der Waals surface area contributed by atoms with Crippen LogP contribution in [0.1, 0.15) is 18.4 Å². The molecule has 1 fully saturated rings. The van der Waals surface area contributed by atoms with E-state index in [1.807, 2.05) is 12.9 Å². The van der Waals surface area contributed by atoms with Gasteiger partial charge in [-0.25, -0.2) is 0 Å². The number of carbonyl (C=O) groups is 2. The molecule has 0 saturated carbocycles. The molecule has 1 saturated heterocycles. The quantitative estimate of drug-likeness (QED) is 0.592. The fourth-order valence-electron chi connectivity index (χ4n) is 3.19. The third-order valence-corrected chi connectivity index (χ3v) is 4.46. The average molecular weight is 307 g/mol. The van der Waals surface area contributed by atoms with E-state index in [0.717, 1.165) is 12.0 Å². The Morgan fingerprint density at radius 2 is 2.22 bits per heavy atom. The molecule has 1 aromatic rings. The maximum Gasteiger partial charge on any atom is 0.275 e. The smallest absolute Gasteiger partial charge is 0.275 e. The summed E-state index contributed by atoms with van der Waals surface area (Å²) in [6, 6.07) is 3.50. The van der Waals surface area contributed by atoms with Crippen LogP contribution >= 0.6 is 0 Å². The first-order valence-corrected chi connectivity index (χ1v) is 7.83. The first-order chi connectivity index (χ1) is 11.0. The highest BCUT2D eigenvalue weighted by atomic mass is 16.3. The molecular weight excluding hydrogens is 290 g/mol. The molecule has 0 spiro atoms. The molecule has 2 heterocycles. The van der Waals surface area contributed by atoms with E-state index < -0.39 is 0 Å². The van der Waals surface area contributed by atoms with Gasteiger partial charge in [-0.1, -0.05) is 24.4 Å². The van der Waals surface area contributed by atoms with Crippen LogP contribution in [0.25, 0.3) is 0 Å². The zero-order valence-electron chi connectivity index (χ0n) is 13.1. The van der Waals surface area contributed by atoms with Crippen molar-refractivity contribution < 1.29 is 14.7 Å². The number of imide groups is 1. The van der Waals surface area contributed by atoms with E-state index in [9.17, 15) is 14.7 Å². The number of rotatable bonds is 4. The van der Waals surface area contributed by atoms with Crippen LogP contribution in [-0.4, -0.2) is 55.7 Å². The van der Waals surface area contributed by atoms with E-state index in [-0.39, 0.29) is 23.5 Å². The van der Waals surface area contributed by atoms with Crippen LogP contribution in [-0.2, 0) is 16.0 Å². The van der Waals surface area contributed by atoms with E-state index in [2.05, 4.69) is 4.99 Å². The van der Waals surface area contributed by atoms with Crippen LogP contribution in [0, 0.1) is 5.92 Å². The summed E-state index contributed by atoms with van der Waals surface area (Å²) in [5, 5.41) is 9.84. The van der Waals surface area contributed by atoms with Crippen LogP contribution in [0.15, 0.2) is 17.1 Å². The Hall–Kier alpha value is -2.04. The number of fused-ring (bicyclic) bond motifs is 1. The van der Waals surface area contributed by atoms with Gasteiger partial charge in [0.1, 0.15) is 19.3 Å². The first-order valence-electron chi connectivity index (χ1n) is 7.83. The summed E-state index contributed by atoms with van der Waals surface area (Å²) in [4.78, 5) is 30.2. The fraction of sp³-hybridized carbons (Fsp3) is 0.438. The minimum absolute atomic E-state index is 0.0601. The Morgan fingerprint density at radius 1 is 1.43 bits per heavy atom. The Kier molecular flexibility index (Phi) is 4.28. The predicted molar refractivity (Wildman–Crippen MR) is 90.2 cm³/mol. The molecule has 2 aliphatic heterocycles. The molecule has 2 aliphatic rings. The number of carbonyl (C=O) groups excluding carboxylic acids is 2. The lowest BCUT2D eigenvalue weighted by molar-refractivity contribution is -0.138. The lowest BCUT2D eigenvalue weighted by Gasteiger charge is -2.15. The number of nitrogens with zero attached hydrogens (tertiary/aromatic N) is 2. The van der Waals surface area contributed by atoms with Crippen LogP contribution < -0.4 is 10.9 Å². The second kappa shape index (κ2) is 6.22. The van der Waals surface area contributed by atoms with Crippen molar-refractivity contribution >= 4 is 43.6 Å². The normalized spacial score (nSPS) is 20.5. The standard InChI is InChI=1S/C16H17B2N2O3/c1-18-12-8-9(7-11(17)14(12)21)4-6-20-15(22)10-3-2-5-19-13(10)16(20)23/h7-8,10,21H,2-6H2,1H3.